The number of urea groups is 1. The second-order valence-electron chi connectivity index (χ2n) is 6.11. The van der Waals surface area contributed by atoms with Gasteiger partial charge < -0.3 is 24.8 Å². The zero-order valence-electron chi connectivity index (χ0n) is 16.2. The van der Waals surface area contributed by atoms with Crippen LogP contribution >= 0.6 is 11.6 Å². The van der Waals surface area contributed by atoms with Gasteiger partial charge in [-0.2, -0.15) is 0 Å². The molecule has 1 aliphatic rings. The molecule has 0 fully saturated rings. The molecule has 29 heavy (non-hydrogen) atoms. The predicted molar refractivity (Wildman–Crippen MR) is 109 cm³/mol. The summed E-state index contributed by atoms with van der Waals surface area (Å²) in [4.78, 5) is 25.3. The van der Waals surface area contributed by atoms with Gasteiger partial charge in [0.2, 0.25) is 0 Å². The zero-order chi connectivity index (χ0) is 21.0. The van der Waals surface area contributed by atoms with Crippen LogP contribution in [0.3, 0.4) is 0 Å². The number of carbonyl (C=O) groups is 2. The molecule has 1 unspecified atom stereocenters. The number of methoxy groups -OCH3 is 2. The predicted octanol–water partition coefficient (Wildman–Crippen LogP) is 3.69. The van der Waals surface area contributed by atoms with Crippen LogP contribution in [0.1, 0.15) is 24.1 Å². The topological polar surface area (TPSA) is 85.9 Å². The smallest absolute Gasteiger partial charge is 0.338 e. The molecule has 7 nitrogen and oxygen atoms in total. The fourth-order valence-electron chi connectivity index (χ4n) is 3.19. The van der Waals surface area contributed by atoms with Crippen LogP contribution in [0.5, 0.6) is 11.5 Å². The molecule has 152 valence electrons. The van der Waals surface area contributed by atoms with Crippen molar-refractivity contribution in [2.45, 2.75) is 13.0 Å². The molecule has 0 aromatic heterocycles. The molecule has 2 amide bonds. The van der Waals surface area contributed by atoms with Crippen molar-refractivity contribution in [2.24, 2.45) is 0 Å². The van der Waals surface area contributed by atoms with Crippen molar-refractivity contribution in [2.75, 3.05) is 20.8 Å². The normalized spacial score (nSPS) is 16.0. The van der Waals surface area contributed by atoms with E-state index in [9.17, 15) is 9.59 Å². The van der Waals surface area contributed by atoms with Crippen molar-refractivity contribution in [3.63, 3.8) is 0 Å². The first-order valence-corrected chi connectivity index (χ1v) is 9.34. The van der Waals surface area contributed by atoms with Gasteiger partial charge in [-0.15, -0.1) is 0 Å². The minimum atomic E-state index is -0.842. The Balaban J connectivity index is 2.23. The second kappa shape index (κ2) is 8.87. The first-order valence-electron chi connectivity index (χ1n) is 8.96. The number of ether oxygens (including phenoxy) is 3. The van der Waals surface area contributed by atoms with Gasteiger partial charge in [-0.1, -0.05) is 48.0 Å². The quantitative estimate of drug-likeness (QED) is 0.701. The van der Waals surface area contributed by atoms with Crippen LogP contribution < -0.4 is 20.1 Å². The highest BCUT2D eigenvalue weighted by molar-refractivity contribution is 6.33. The Kier molecular flexibility index (Phi) is 6.29. The number of halogens is 1. The van der Waals surface area contributed by atoms with E-state index in [1.807, 2.05) is 18.2 Å². The van der Waals surface area contributed by atoms with Crippen molar-refractivity contribution in [3.8, 4) is 11.5 Å². The van der Waals surface area contributed by atoms with Gasteiger partial charge in [0.15, 0.2) is 11.5 Å². The summed E-state index contributed by atoms with van der Waals surface area (Å²) in [6.45, 7) is 1.90. The number of benzene rings is 2. The SMILES string of the molecule is CCOC(=O)C1=C(c2ccccc2)NC(=O)NC1c1ccc(OC)c(OC)c1Cl. The van der Waals surface area contributed by atoms with E-state index >= 15 is 0 Å². The minimum absolute atomic E-state index is 0.185. The molecule has 2 N–H and O–H groups in total. The molecule has 0 bridgehead atoms. The van der Waals surface area contributed by atoms with Gasteiger partial charge in [-0.05, 0) is 18.6 Å². The summed E-state index contributed by atoms with van der Waals surface area (Å²) in [5, 5.41) is 5.71. The van der Waals surface area contributed by atoms with E-state index in [-0.39, 0.29) is 17.2 Å². The van der Waals surface area contributed by atoms with Crippen LogP contribution in [-0.2, 0) is 9.53 Å². The highest BCUT2D eigenvalue weighted by atomic mass is 35.5. The molecule has 1 atom stereocenters. The summed E-state index contributed by atoms with van der Waals surface area (Å²) in [6.07, 6.45) is 0. The van der Waals surface area contributed by atoms with Crippen LogP contribution in [0.4, 0.5) is 4.79 Å². The summed E-state index contributed by atoms with van der Waals surface area (Å²) in [6, 6.07) is 11.1. The Labute approximate surface area is 173 Å². The molecule has 2 aromatic carbocycles. The first-order chi connectivity index (χ1) is 14.0. The van der Waals surface area contributed by atoms with Crippen molar-refractivity contribution >= 4 is 29.3 Å². The molecule has 1 heterocycles. The number of hydrogen-bond donors (Lipinski definition) is 2. The number of nitrogens with one attached hydrogen (secondary N) is 2. The third kappa shape index (κ3) is 4.00. The van der Waals surface area contributed by atoms with Gasteiger partial charge in [0, 0.05) is 5.56 Å². The van der Waals surface area contributed by atoms with E-state index in [2.05, 4.69) is 10.6 Å². The van der Waals surface area contributed by atoms with Crippen LogP contribution in [-0.4, -0.2) is 32.8 Å². The molecule has 1 aliphatic heterocycles. The molecule has 0 spiro atoms. The average Bonchev–Trinajstić information content (AvgIpc) is 2.73. The van der Waals surface area contributed by atoms with Crippen molar-refractivity contribution in [1.29, 1.82) is 0 Å². The Morgan fingerprint density at radius 2 is 1.83 bits per heavy atom. The summed E-state index contributed by atoms with van der Waals surface area (Å²) in [5.74, 6) is 0.185. The maximum Gasteiger partial charge on any atom is 0.338 e. The van der Waals surface area contributed by atoms with Crippen molar-refractivity contribution < 1.29 is 23.8 Å². The molecule has 0 radical (unpaired) electrons. The lowest BCUT2D eigenvalue weighted by Gasteiger charge is -2.30. The lowest BCUT2D eigenvalue weighted by molar-refractivity contribution is -0.138. The monoisotopic (exact) mass is 416 g/mol. The van der Waals surface area contributed by atoms with E-state index < -0.39 is 18.0 Å². The fraction of sp³-hybridized carbons (Fsp3) is 0.238. The summed E-state index contributed by atoms with van der Waals surface area (Å²) in [7, 11) is 2.96. The Bertz CT molecular complexity index is 959. The first kappa shape index (κ1) is 20.5. The van der Waals surface area contributed by atoms with Gasteiger partial charge in [0.1, 0.15) is 0 Å². The highest BCUT2D eigenvalue weighted by Gasteiger charge is 2.36. The van der Waals surface area contributed by atoms with E-state index in [1.54, 1.807) is 31.2 Å². The van der Waals surface area contributed by atoms with Crippen LogP contribution in [0.25, 0.3) is 5.70 Å². The van der Waals surface area contributed by atoms with Gasteiger partial charge in [0.05, 0.1) is 43.2 Å². The number of carbonyl (C=O) groups excluding carboxylic acids is 2. The van der Waals surface area contributed by atoms with E-state index in [4.69, 9.17) is 25.8 Å². The number of hydrogen-bond acceptors (Lipinski definition) is 5. The maximum atomic E-state index is 12.9. The third-order valence-corrected chi connectivity index (χ3v) is 4.85. The highest BCUT2D eigenvalue weighted by Crippen LogP contribution is 2.43. The molecule has 0 saturated carbocycles. The Morgan fingerprint density at radius 3 is 2.45 bits per heavy atom. The fourth-order valence-corrected chi connectivity index (χ4v) is 3.53. The second-order valence-corrected chi connectivity index (χ2v) is 6.49. The van der Waals surface area contributed by atoms with Crippen LogP contribution in [0.15, 0.2) is 48.0 Å². The molecular formula is C21H21ClN2O5. The third-order valence-electron chi connectivity index (χ3n) is 4.46. The van der Waals surface area contributed by atoms with Crippen LogP contribution in [0.2, 0.25) is 5.02 Å². The van der Waals surface area contributed by atoms with Gasteiger partial charge in [0.25, 0.3) is 0 Å². The lowest BCUT2D eigenvalue weighted by Crippen LogP contribution is -2.45. The lowest BCUT2D eigenvalue weighted by atomic mass is 9.92. The largest absolute Gasteiger partial charge is 0.493 e. The molecule has 0 aliphatic carbocycles. The van der Waals surface area contributed by atoms with Crippen LogP contribution in [0, 0.1) is 0 Å². The zero-order valence-corrected chi connectivity index (χ0v) is 17.0. The van der Waals surface area contributed by atoms with Gasteiger partial charge in [-0.3, -0.25) is 0 Å². The molecule has 0 saturated heterocycles. The minimum Gasteiger partial charge on any atom is -0.493 e. The Hall–Kier alpha value is -3.19. The maximum absolute atomic E-state index is 12.9. The molecule has 2 aromatic rings. The molecule has 8 heteroatoms. The van der Waals surface area contributed by atoms with Crippen molar-refractivity contribution in [1.82, 2.24) is 10.6 Å². The summed E-state index contributed by atoms with van der Waals surface area (Å²) >= 11 is 6.56. The number of esters is 1. The van der Waals surface area contributed by atoms with E-state index in [0.29, 0.717) is 28.3 Å². The number of rotatable bonds is 6. The van der Waals surface area contributed by atoms with E-state index in [1.165, 1.54) is 14.2 Å². The summed E-state index contributed by atoms with van der Waals surface area (Å²) in [5.41, 5.74) is 1.76. The average molecular weight is 417 g/mol. The van der Waals surface area contributed by atoms with Gasteiger partial charge in [-0.25, -0.2) is 9.59 Å². The number of amides is 2. The molecule has 3 rings (SSSR count). The summed E-state index contributed by atoms with van der Waals surface area (Å²) < 4.78 is 15.9. The van der Waals surface area contributed by atoms with Gasteiger partial charge >= 0.3 is 12.0 Å². The molecular weight excluding hydrogens is 396 g/mol. The standard InChI is InChI=1S/C21H21ClN2O5/c1-4-29-20(25)15-17(12-8-6-5-7-9-12)23-21(26)24-18(15)13-10-11-14(27-2)19(28-3)16(13)22/h5-11,18H,4H2,1-3H3,(H2,23,24,26). The van der Waals surface area contributed by atoms with E-state index in [0.717, 1.165) is 0 Å². The Morgan fingerprint density at radius 1 is 1.10 bits per heavy atom. The van der Waals surface area contributed by atoms with Crippen molar-refractivity contribution in [3.05, 3.63) is 64.2 Å².